The molecule has 11 nitrogen and oxygen atoms in total. The fraction of sp³-hybridized carbons (Fsp3) is 0.613. The van der Waals surface area contributed by atoms with E-state index >= 15 is 0 Å². The first-order valence-corrected chi connectivity index (χ1v) is 15.3. The molecule has 0 radical (unpaired) electrons. The van der Waals surface area contributed by atoms with E-state index in [9.17, 15) is 28.7 Å². The maximum absolute atomic E-state index is 13.8. The van der Waals surface area contributed by atoms with E-state index in [1.807, 2.05) is 32.6 Å². The minimum Gasteiger partial charge on any atom is -0.478 e. The molecule has 0 bridgehead atoms. The molecule has 1 aliphatic carbocycles. The van der Waals surface area contributed by atoms with Crippen LogP contribution in [0.1, 0.15) is 66.2 Å². The summed E-state index contributed by atoms with van der Waals surface area (Å²) < 4.78 is 13.8. The van der Waals surface area contributed by atoms with Crippen molar-refractivity contribution in [2.75, 3.05) is 24.5 Å². The topological polar surface area (TPSA) is 173 Å². The minimum atomic E-state index is -1.26. The summed E-state index contributed by atoms with van der Waals surface area (Å²) in [6, 6.07) is 3.56. The number of piperazine rings is 1. The fourth-order valence-electron chi connectivity index (χ4n) is 5.45. The van der Waals surface area contributed by atoms with Gasteiger partial charge in [-0.25, -0.2) is 14.0 Å². The summed E-state index contributed by atoms with van der Waals surface area (Å²) in [5.74, 6) is -3.48. The van der Waals surface area contributed by atoms with Crippen LogP contribution in [-0.2, 0) is 19.2 Å². The van der Waals surface area contributed by atoms with E-state index < -0.39 is 35.4 Å². The van der Waals surface area contributed by atoms with Crippen LogP contribution in [0, 0.1) is 17.7 Å². The van der Waals surface area contributed by atoms with Crippen molar-refractivity contribution < 1.29 is 38.9 Å². The zero-order chi connectivity index (χ0) is 33.2. The summed E-state index contributed by atoms with van der Waals surface area (Å²) in [4.78, 5) is 48.6. The molecule has 6 N–H and O–H groups in total. The average Bonchev–Trinajstić information content (AvgIpc) is 2.94. The molecule has 0 aromatic heterocycles. The van der Waals surface area contributed by atoms with Crippen molar-refractivity contribution in [2.45, 2.75) is 89.9 Å². The molecular formula is C31H46ClFN4O7. The second-order valence-corrected chi connectivity index (χ2v) is 12.8. The molecule has 246 valence electrons. The molecule has 1 heterocycles. The number of carboxylic acids is 2. The summed E-state index contributed by atoms with van der Waals surface area (Å²) in [7, 11) is 0. The zero-order valence-electron chi connectivity index (χ0n) is 25.8. The van der Waals surface area contributed by atoms with E-state index in [0.29, 0.717) is 36.0 Å². The Morgan fingerprint density at radius 1 is 1.14 bits per heavy atom. The molecule has 2 aliphatic rings. The van der Waals surface area contributed by atoms with Gasteiger partial charge in [-0.1, -0.05) is 44.7 Å². The molecule has 1 aliphatic heterocycles. The second-order valence-electron chi connectivity index (χ2n) is 12.4. The summed E-state index contributed by atoms with van der Waals surface area (Å²) >= 11 is 6.25. The van der Waals surface area contributed by atoms with Crippen molar-refractivity contribution in [1.29, 1.82) is 0 Å². The molecule has 3 rings (SSSR count). The number of carboxylic acid groups (broad SMARTS) is 2. The number of anilines is 1. The third-order valence-electron chi connectivity index (χ3n) is 8.11. The number of nitrogens with two attached hydrogens (primary N) is 1. The molecule has 1 aromatic rings. The zero-order valence-corrected chi connectivity index (χ0v) is 26.6. The Hall–Kier alpha value is -3.06. The van der Waals surface area contributed by atoms with Crippen LogP contribution in [0.25, 0.3) is 0 Å². The van der Waals surface area contributed by atoms with E-state index in [0.717, 1.165) is 25.7 Å². The third-order valence-corrected chi connectivity index (χ3v) is 8.43. The lowest BCUT2D eigenvalue weighted by atomic mass is 9.86. The number of carbonyl (C=O) groups excluding carboxylic acids is 2. The number of rotatable bonds is 11. The lowest BCUT2D eigenvalue weighted by molar-refractivity contribution is -0.134. The van der Waals surface area contributed by atoms with E-state index in [2.05, 4.69) is 5.32 Å². The number of amides is 2. The monoisotopic (exact) mass is 640 g/mol. The van der Waals surface area contributed by atoms with Gasteiger partial charge in [-0.05, 0) is 57.2 Å². The molecule has 1 saturated carbocycles. The first-order chi connectivity index (χ1) is 20.5. The van der Waals surface area contributed by atoms with Crippen LogP contribution in [0.2, 0.25) is 5.02 Å². The van der Waals surface area contributed by atoms with Crippen molar-refractivity contribution in [1.82, 2.24) is 10.2 Å². The number of hydrogen-bond donors (Lipinski definition) is 5. The smallest absolute Gasteiger partial charge is 0.328 e. The van der Waals surface area contributed by atoms with Crippen LogP contribution in [0.15, 0.2) is 30.4 Å². The highest BCUT2D eigenvalue weighted by Crippen LogP contribution is 2.32. The summed E-state index contributed by atoms with van der Waals surface area (Å²) in [6.45, 7) is 8.59. The largest absolute Gasteiger partial charge is 0.478 e. The van der Waals surface area contributed by atoms with Crippen molar-refractivity contribution in [2.24, 2.45) is 17.6 Å². The Morgan fingerprint density at radius 2 is 1.73 bits per heavy atom. The molecule has 0 unspecified atom stereocenters. The number of hydrogen-bond acceptors (Lipinski definition) is 7. The van der Waals surface area contributed by atoms with Crippen LogP contribution in [0.3, 0.4) is 0 Å². The van der Waals surface area contributed by atoms with Gasteiger partial charge >= 0.3 is 11.9 Å². The van der Waals surface area contributed by atoms with Gasteiger partial charge in [0.1, 0.15) is 5.82 Å². The third kappa shape index (κ3) is 11.5. The molecule has 1 saturated heterocycles. The molecular weight excluding hydrogens is 595 g/mol. The van der Waals surface area contributed by atoms with Gasteiger partial charge < -0.3 is 31.3 Å². The summed E-state index contributed by atoms with van der Waals surface area (Å²) in [6.07, 6.45) is 6.00. The first-order valence-electron chi connectivity index (χ1n) is 14.9. The number of halogens is 2. The highest BCUT2D eigenvalue weighted by atomic mass is 35.5. The highest BCUT2D eigenvalue weighted by Gasteiger charge is 2.40. The number of nitrogens with one attached hydrogen (secondary N) is 1. The quantitative estimate of drug-likeness (QED) is 0.227. The maximum atomic E-state index is 13.8. The first kappa shape index (κ1) is 37.1. The van der Waals surface area contributed by atoms with Crippen LogP contribution in [-0.4, -0.2) is 87.3 Å². The van der Waals surface area contributed by atoms with E-state index in [-0.39, 0.29) is 42.7 Å². The molecule has 2 fully saturated rings. The van der Waals surface area contributed by atoms with Crippen LogP contribution in [0.5, 0.6) is 0 Å². The Labute approximate surface area is 263 Å². The van der Waals surface area contributed by atoms with Crippen molar-refractivity contribution >= 4 is 41.0 Å². The molecule has 1 aromatic carbocycles. The molecule has 3 atom stereocenters. The highest BCUT2D eigenvalue weighted by molar-refractivity contribution is 6.33. The SMILES string of the molecule is CC(C)[C@H](C[C@H](O)[C@@H](N)CN1CC(=O)N(c2cc(F)ccc2Cl)CC1(C)C)C(=O)NC1CCCCC1.O=C(O)/C=C/C(=O)O. The molecule has 44 heavy (non-hydrogen) atoms. The summed E-state index contributed by atoms with van der Waals surface area (Å²) in [5.41, 5.74) is 6.28. The van der Waals surface area contributed by atoms with E-state index in [1.165, 1.54) is 29.5 Å². The lowest BCUT2D eigenvalue weighted by Crippen LogP contribution is -2.64. The van der Waals surface area contributed by atoms with Gasteiger partial charge in [-0.3, -0.25) is 14.5 Å². The van der Waals surface area contributed by atoms with Gasteiger partial charge in [0.2, 0.25) is 11.8 Å². The van der Waals surface area contributed by atoms with Crippen LogP contribution >= 0.6 is 11.6 Å². The van der Waals surface area contributed by atoms with Gasteiger partial charge in [0.05, 0.1) is 23.4 Å². The Kier molecular flexibility index (Phi) is 14.2. The van der Waals surface area contributed by atoms with Gasteiger partial charge in [-0.2, -0.15) is 0 Å². The Balaban J connectivity index is 0.000000742. The van der Waals surface area contributed by atoms with Crippen molar-refractivity contribution in [3.8, 4) is 0 Å². The van der Waals surface area contributed by atoms with Crippen molar-refractivity contribution in [3.05, 3.63) is 41.2 Å². The summed E-state index contributed by atoms with van der Waals surface area (Å²) in [5, 5.41) is 30.1. The van der Waals surface area contributed by atoms with Gasteiger partial charge in [0.25, 0.3) is 0 Å². The van der Waals surface area contributed by atoms with Crippen LogP contribution < -0.4 is 16.0 Å². The predicted octanol–water partition coefficient (Wildman–Crippen LogP) is 3.42. The predicted molar refractivity (Wildman–Crippen MR) is 166 cm³/mol. The van der Waals surface area contributed by atoms with Gasteiger partial charge in [0, 0.05) is 48.8 Å². The maximum Gasteiger partial charge on any atom is 0.328 e. The number of nitrogens with zero attached hydrogens (tertiary/aromatic N) is 2. The van der Waals surface area contributed by atoms with Gasteiger partial charge in [-0.15, -0.1) is 0 Å². The molecule has 0 spiro atoms. The fourth-order valence-corrected chi connectivity index (χ4v) is 5.67. The van der Waals surface area contributed by atoms with E-state index in [1.54, 1.807) is 0 Å². The standard InChI is InChI=1S/C27H42ClFN4O3.C4H4O4/c1-17(2)20(26(36)31-19-8-6-5-7-9-19)13-24(34)22(30)14-32-15-25(35)33(16-27(32,3)4)23-12-18(29)10-11-21(23)28;5-3(6)1-2-4(7)8/h10-12,17,19-20,22,24,34H,5-9,13-16,30H2,1-4H3,(H,31,36);1-2H,(H,5,6)(H,7,8)/b;2-1+/t20-,22-,24-;/m0./s1. The number of aliphatic hydroxyl groups is 1. The average molecular weight is 641 g/mol. The van der Waals surface area contributed by atoms with E-state index in [4.69, 9.17) is 27.5 Å². The molecule has 13 heteroatoms. The molecule has 2 amide bonds. The van der Waals surface area contributed by atoms with Crippen LogP contribution in [0.4, 0.5) is 10.1 Å². The Morgan fingerprint density at radius 3 is 2.27 bits per heavy atom. The van der Waals surface area contributed by atoms with Crippen molar-refractivity contribution in [3.63, 3.8) is 0 Å². The number of carbonyl (C=O) groups is 4. The number of aliphatic hydroxyl groups excluding tert-OH is 1. The lowest BCUT2D eigenvalue weighted by Gasteiger charge is -2.48. The number of aliphatic carboxylic acids is 2. The Bertz CT molecular complexity index is 1170. The normalized spacial score (nSPS) is 19.7. The van der Waals surface area contributed by atoms with Gasteiger partial charge in [0.15, 0.2) is 0 Å². The number of benzene rings is 1. The minimum absolute atomic E-state index is 0.0146. The second kappa shape index (κ2) is 16.9.